The molecule has 7 fully saturated rings. The summed E-state index contributed by atoms with van der Waals surface area (Å²) in [7, 11) is 0. The maximum Gasteiger partial charge on any atom is 0.312 e. The first-order chi connectivity index (χ1) is 31.2. The van der Waals surface area contributed by atoms with Crippen LogP contribution >= 0.6 is 0 Å². The van der Waals surface area contributed by atoms with Gasteiger partial charge in [-0.1, -0.05) is 61.8 Å². The minimum Gasteiger partial charge on any atom is -0.459 e. The van der Waals surface area contributed by atoms with Crippen molar-refractivity contribution < 1.29 is 38.1 Å². The number of esters is 4. The van der Waals surface area contributed by atoms with E-state index >= 15 is 0 Å². The predicted molar refractivity (Wildman–Crippen MR) is 279 cm³/mol. The Bertz CT molecular complexity index is 1640. The van der Waals surface area contributed by atoms with Gasteiger partial charge in [-0.05, 0) is 241 Å². The van der Waals surface area contributed by atoms with Crippen LogP contribution in [0.5, 0.6) is 0 Å². The highest BCUT2D eigenvalue weighted by molar-refractivity contribution is 5.77. The second-order valence-electron chi connectivity index (χ2n) is 27.0. The Labute approximate surface area is 418 Å². The molecule has 68 heavy (non-hydrogen) atoms. The van der Waals surface area contributed by atoms with Crippen molar-refractivity contribution in [3.63, 3.8) is 0 Å². The van der Waals surface area contributed by atoms with E-state index < -0.39 is 0 Å². The quantitative estimate of drug-likeness (QED) is 0.105. The molecule has 0 aliphatic heterocycles. The zero-order valence-corrected chi connectivity index (χ0v) is 48.2. The fourth-order valence-electron chi connectivity index (χ4n) is 12.3. The summed E-state index contributed by atoms with van der Waals surface area (Å²) in [6, 6.07) is 0. The molecule has 0 radical (unpaired) electrons. The molecule has 396 valence electrons. The summed E-state index contributed by atoms with van der Waals surface area (Å²) in [5, 5.41) is 0. The van der Waals surface area contributed by atoms with Crippen LogP contribution in [0.3, 0.4) is 0 Å². The smallest absolute Gasteiger partial charge is 0.312 e. The first kappa shape index (κ1) is 60.2. The van der Waals surface area contributed by atoms with E-state index in [1.165, 1.54) is 64.2 Å². The molecule has 8 nitrogen and oxygen atoms in total. The second kappa shape index (κ2) is 22.7. The molecule has 0 spiro atoms. The van der Waals surface area contributed by atoms with Crippen molar-refractivity contribution in [2.24, 2.45) is 68.5 Å². The molecule has 5 unspecified atom stereocenters. The molecule has 5 atom stereocenters. The molecule has 7 aliphatic carbocycles. The summed E-state index contributed by atoms with van der Waals surface area (Å²) >= 11 is 0. The van der Waals surface area contributed by atoms with E-state index in [1.54, 1.807) is 0 Å². The van der Waals surface area contributed by atoms with Gasteiger partial charge < -0.3 is 18.9 Å². The second-order valence-corrected chi connectivity index (χ2v) is 27.0. The number of ether oxygens (including phenoxy) is 4. The number of rotatable bonds is 17. The molecule has 0 aromatic heterocycles. The van der Waals surface area contributed by atoms with Crippen LogP contribution in [0.25, 0.3) is 0 Å². The van der Waals surface area contributed by atoms with Crippen LogP contribution in [-0.4, -0.2) is 46.3 Å². The van der Waals surface area contributed by atoms with Crippen molar-refractivity contribution in [3.05, 3.63) is 0 Å². The molecule has 0 aromatic rings. The SMILES string of the molecule is CCC(C)(C)C(=O)OC(C)(C)C12CC3CC(CC(C3)C1)C2.CCC(C)(C)C(=O)OC1(CC)CC2CC1C1CCCC21.CCC(C)(C)OC(=O)C(C)(C)CC.CCC(C)(CC)OC(=O)C(C)(C)CC. The van der Waals surface area contributed by atoms with Crippen molar-refractivity contribution in [3.8, 4) is 0 Å². The molecular weight excluding hydrogens is 849 g/mol. The molecule has 0 amide bonds. The Morgan fingerprint density at radius 1 is 0.456 bits per heavy atom. The van der Waals surface area contributed by atoms with Gasteiger partial charge in [0.25, 0.3) is 0 Å². The monoisotopic (exact) mass is 957 g/mol. The Hall–Kier alpha value is -2.12. The third-order valence-corrected chi connectivity index (χ3v) is 19.9. The highest BCUT2D eigenvalue weighted by Gasteiger charge is 2.63. The average molecular weight is 958 g/mol. The van der Waals surface area contributed by atoms with Gasteiger partial charge in [-0.15, -0.1) is 0 Å². The van der Waals surface area contributed by atoms with E-state index in [0.29, 0.717) is 5.92 Å². The summed E-state index contributed by atoms with van der Waals surface area (Å²) in [5.41, 5.74) is -2.21. The maximum absolute atomic E-state index is 12.6. The van der Waals surface area contributed by atoms with Crippen molar-refractivity contribution >= 4 is 23.9 Å². The van der Waals surface area contributed by atoms with E-state index in [9.17, 15) is 19.2 Å². The fourth-order valence-corrected chi connectivity index (χ4v) is 12.3. The van der Waals surface area contributed by atoms with Gasteiger partial charge >= 0.3 is 23.9 Å². The number of carbonyl (C=O) groups excluding carboxylic acids is 4. The summed E-state index contributed by atoms with van der Waals surface area (Å²) < 4.78 is 23.3. The summed E-state index contributed by atoms with van der Waals surface area (Å²) in [6.07, 6.45) is 21.7. The maximum atomic E-state index is 12.6. The largest absolute Gasteiger partial charge is 0.459 e. The molecule has 7 rings (SSSR count). The molecule has 0 heterocycles. The van der Waals surface area contributed by atoms with Crippen LogP contribution in [0, 0.1) is 68.5 Å². The van der Waals surface area contributed by atoms with Crippen LogP contribution in [0.15, 0.2) is 0 Å². The molecule has 0 aromatic carbocycles. The Balaban J connectivity index is 0.000000246. The van der Waals surface area contributed by atoms with Gasteiger partial charge in [-0.25, -0.2) is 0 Å². The standard InChI is InChI=1S/C19H32O2.C18H30O2.C12H24O2.C11H22O2/c1-6-17(2,3)16(20)21-18(4,5)19-10-13-7-14(11-19)9-15(8-13)12-19;1-5-17(3,4)16(19)20-18(6-2)11-12-10-15(18)14-9-7-8-13(12)14;1-7-11(4,5)10(13)14-12(6,8-2)9-3;1-7-10(3,4)9(12)13-11(5,6)8-2/h13-15H,6-12H2,1-5H3;12-15H,5-11H2,1-4H3;7-9H2,1-6H3;7-8H2,1-6H3. The topological polar surface area (TPSA) is 105 Å². The third-order valence-electron chi connectivity index (χ3n) is 19.9. The number of hydrogen-bond acceptors (Lipinski definition) is 8. The van der Waals surface area contributed by atoms with Gasteiger partial charge in [-0.3, -0.25) is 19.2 Å². The number of fused-ring (bicyclic) bond motifs is 5. The molecule has 0 saturated heterocycles. The molecular formula is C60H108O8. The summed E-state index contributed by atoms with van der Waals surface area (Å²) in [5.74, 6) is 5.84. The normalized spacial score (nSPS) is 29.6. The molecule has 7 aliphatic rings. The summed E-state index contributed by atoms with van der Waals surface area (Å²) in [6.45, 7) is 42.5. The number of hydrogen-bond donors (Lipinski definition) is 0. The van der Waals surface area contributed by atoms with Crippen molar-refractivity contribution in [1.82, 2.24) is 0 Å². The number of carbonyl (C=O) groups is 4. The minimum atomic E-state index is -0.362. The zero-order valence-electron chi connectivity index (χ0n) is 48.2. The lowest BCUT2D eigenvalue weighted by Gasteiger charge is -2.61. The lowest BCUT2D eigenvalue weighted by Crippen LogP contribution is -2.58. The van der Waals surface area contributed by atoms with Gasteiger partial charge in [-0.2, -0.15) is 0 Å². The Morgan fingerprint density at radius 2 is 0.853 bits per heavy atom. The average Bonchev–Trinajstić information content (AvgIpc) is 4.00. The van der Waals surface area contributed by atoms with E-state index in [2.05, 4.69) is 48.5 Å². The predicted octanol–water partition coefficient (Wildman–Crippen LogP) is 16.2. The fraction of sp³-hybridized carbons (Fsp3) is 0.933. The van der Waals surface area contributed by atoms with Crippen LogP contribution in [-0.2, 0) is 38.1 Å². The van der Waals surface area contributed by atoms with Crippen molar-refractivity contribution in [1.29, 1.82) is 0 Å². The van der Waals surface area contributed by atoms with Gasteiger partial charge in [0.1, 0.15) is 22.4 Å². The molecule has 7 saturated carbocycles. The van der Waals surface area contributed by atoms with Crippen LogP contribution in [0.2, 0.25) is 0 Å². The molecule has 8 heteroatoms. The summed E-state index contributed by atoms with van der Waals surface area (Å²) in [4.78, 5) is 48.6. The van der Waals surface area contributed by atoms with Crippen molar-refractivity contribution in [2.45, 2.75) is 290 Å². The van der Waals surface area contributed by atoms with Gasteiger partial charge in [0.15, 0.2) is 0 Å². The minimum absolute atomic E-state index is 0.00857. The van der Waals surface area contributed by atoms with E-state index in [-0.39, 0.29) is 73.4 Å². The zero-order chi connectivity index (χ0) is 52.1. The lowest BCUT2D eigenvalue weighted by atomic mass is 9.46. The van der Waals surface area contributed by atoms with Crippen LogP contribution in [0.4, 0.5) is 0 Å². The third kappa shape index (κ3) is 13.9. The Morgan fingerprint density at radius 3 is 1.25 bits per heavy atom. The first-order valence-electron chi connectivity index (χ1n) is 28.1. The van der Waals surface area contributed by atoms with E-state index in [4.69, 9.17) is 18.9 Å². The van der Waals surface area contributed by atoms with Gasteiger partial charge in [0.2, 0.25) is 0 Å². The van der Waals surface area contributed by atoms with Crippen LogP contribution < -0.4 is 0 Å². The molecule has 0 N–H and O–H groups in total. The first-order valence-corrected chi connectivity index (χ1v) is 28.1. The van der Waals surface area contributed by atoms with Gasteiger partial charge in [0, 0.05) is 11.3 Å². The van der Waals surface area contributed by atoms with E-state index in [1.807, 2.05) is 96.9 Å². The van der Waals surface area contributed by atoms with Crippen molar-refractivity contribution in [2.75, 3.05) is 0 Å². The van der Waals surface area contributed by atoms with Crippen LogP contribution in [0.1, 0.15) is 267 Å². The highest BCUT2D eigenvalue weighted by Crippen LogP contribution is 2.66. The Kier molecular flexibility index (Phi) is 20.1. The highest BCUT2D eigenvalue weighted by atomic mass is 16.6. The lowest BCUT2D eigenvalue weighted by molar-refractivity contribution is -0.206. The van der Waals surface area contributed by atoms with Gasteiger partial charge in [0.05, 0.1) is 21.7 Å². The molecule has 6 bridgehead atoms. The van der Waals surface area contributed by atoms with E-state index in [0.717, 1.165) is 93.3 Å².